The number of ether oxygens (including phenoxy) is 1. The molecule has 1 amide bonds. The molecule has 0 radical (unpaired) electrons. The van der Waals surface area contributed by atoms with Crippen LogP contribution in [0.5, 0.6) is 0 Å². The van der Waals surface area contributed by atoms with Crippen molar-refractivity contribution in [2.75, 3.05) is 6.54 Å². The van der Waals surface area contributed by atoms with Crippen LogP contribution in [0, 0.1) is 12.7 Å². The summed E-state index contributed by atoms with van der Waals surface area (Å²) in [4.78, 5) is 23.4. The molecule has 0 unspecified atom stereocenters. The molecule has 2 aromatic carbocycles. The maximum Gasteiger partial charge on any atom is 0.325 e. The van der Waals surface area contributed by atoms with Crippen molar-refractivity contribution < 1.29 is 18.7 Å². The van der Waals surface area contributed by atoms with Crippen molar-refractivity contribution in [2.24, 2.45) is 0 Å². The van der Waals surface area contributed by atoms with Crippen LogP contribution in [-0.4, -0.2) is 18.4 Å². The second kappa shape index (κ2) is 7.36. The van der Waals surface area contributed by atoms with Gasteiger partial charge in [0, 0.05) is 11.1 Å². The van der Waals surface area contributed by atoms with Gasteiger partial charge < -0.3 is 10.1 Å². The standard InChI is InChI=1S/C17H16FNO3/c1-12-5-4-7-13(9-12)17(21)19-10-16(20)22-11-14-6-2-3-8-15(14)18/h2-9H,10-11H2,1H3,(H,19,21). The third-order valence-electron chi connectivity index (χ3n) is 3.02. The van der Waals surface area contributed by atoms with Gasteiger partial charge in [-0.15, -0.1) is 0 Å². The molecule has 1 N–H and O–H groups in total. The number of esters is 1. The summed E-state index contributed by atoms with van der Waals surface area (Å²) in [6.07, 6.45) is 0. The van der Waals surface area contributed by atoms with Crippen molar-refractivity contribution in [1.29, 1.82) is 0 Å². The Labute approximate surface area is 127 Å². The van der Waals surface area contributed by atoms with Gasteiger partial charge >= 0.3 is 5.97 Å². The zero-order chi connectivity index (χ0) is 15.9. The quantitative estimate of drug-likeness (QED) is 0.864. The molecule has 0 aromatic heterocycles. The van der Waals surface area contributed by atoms with Gasteiger partial charge in [0.2, 0.25) is 0 Å². The van der Waals surface area contributed by atoms with Gasteiger partial charge in [-0.1, -0.05) is 35.9 Å². The number of benzene rings is 2. The molecule has 0 spiro atoms. The van der Waals surface area contributed by atoms with E-state index in [-0.39, 0.29) is 19.1 Å². The van der Waals surface area contributed by atoms with Crippen molar-refractivity contribution >= 4 is 11.9 Å². The van der Waals surface area contributed by atoms with E-state index in [1.54, 1.807) is 30.3 Å². The van der Waals surface area contributed by atoms with E-state index in [0.717, 1.165) is 5.56 Å². The molecule has 0 fully saturated rings. The molecular formula is C17H16FNO3. The first kappa shape index (κ1) is 15.7. The van der Waals surface area contributed by atoms with Crippen LogP contribution >= 0.6 is 0 Å². The first-order valence-electron chi connectivity index (χ1n) is 6.80. The Morgan fingerprint density at radius 2 is 1.91 bits per heavy atom. The number of carbonyl (C=O) groups is 2. The summed E-state index contributed by atoms with van der Waals surface area (Å²) in [6.45, 7) is 1.45. The van der Waals surface area contributed by atoms with Crippen LogP contribution in [0.2, 0.25) is 0 Å². The second-order valence-corrected chi connectivity index (χ2v) is 4.80. The zero-order valence-corrected chi connectivity index (χ0v) is 12.1. The molecule has 22 heavy (non-hydrogen) atoms. The highest BCUT2D eigenvalue weighted by atomic mass is 19.1. The average molecular weight is 301 g/mol. The fourth-order valence-corrected chi connectivity index (χ4v) is 1.87. The lowest BCUT2D eigenvalue weighted by Crippen LogP contribution is -2.30. The number of hydrogen-bond acceptors (Lipinski definition) is 3. The smallest absolute Gasteiger partial charge is 0.325 e. The van der Waals surface area contributed by atoms with Gasteiger partial charge in [-0.05, 0) is 25.1 Å². The summed E-state index contributed by atoms with van der Waals surface area (Å²) in [7, 11) is 0. The number of aryl methyl sites for hydroxylation is 1. The highest BCUT2D eigenvalue weighted by Gasteiger charge is 2.10. The molecule has 4 nitrogen and oxygen atoms in total. The van der Waals surface area contributed by atoms with E-state index in [4.69, 9.17) is 4.74 Å². The molecular weight excluding hydrogens is 285 g/mol. The minimum atomic E-state index is -0.621. The van der Waals surface area contributed by atoms with Crippen LogP contribution < -0.4 is 5.32 Å². The maximum atomic E-state index is 13.4. The number of halogens is 1. The molecule has 114 valence electrons. The van der Waals surface area contributed by atoms with Gasteiger partial charge in [-0.2, -0.15) is 0 Å². The summed E-state index contributed by atoms with van der Waals surface area (Å²) < 4.78 is 18.3. The van der Waals surface area contributed by atoms with E-state index in [0.29, 0.717) is 11.1 Å². The van der Waals surface area contributed by atoms with E-state index in [2.05, 4.69) is 5.32 Å². The lowest BCUT2D eigenvalue weighted by molar-refractivity contribution is -0.143. The molecule has 2 aromatic rings. The van der Waals surface area contributed by atoms with Gasteiger partial charge in [0.1, 0.15) is 19.0 Å². The van der Waals surface area contributed by atoms with E-state index < -0.39 is 11.8 Å². The van der Waals surface area contributed by atoms with Gasteiger partial charge in [-0.3, -0.25) is 9.59 Å². The molecule has 0 saturated carbocycles. The second-order valence-electron chi connectivity index (χ2n) is 4.80. The van der Waals surface area contributed by atoms with Gasteiger partial charge in [-0.25, -0.2) is 4.39 Å². The summed E-state index contributed by atoms with van der Waals surface area (Å²) in [5.41, 5.74) is 1.72. The lowest BCUT2D eigenvalue weighted by Gasteiger charge is -2.07. The monoisotopic (exact) mass is 301 g/mol. The van der Waals surface area contributed by atoms with Gasteiger partial charge in [0.15, 0.2) is 0 Å². The normalized spacial score (nSPS) is 10.1. The van der Waals surface area contributed by atoms with Crippen LogP contribution in [0.3, 0.4) is 0 Å². The number of hydrogen-bond donors (Lipinski definition) is 1. The predicted octanol–water partition coefficient (Wildman–Crippen LogP) is 2.61. The van der Waals surface area contributed by atoms with E-state index in [1.165, 1.54) is 12.1 Å². The molecule has 0 aliphatic rings. The number of nitrogens with one attached hydrogen (secondary N) is 1. The fourth-order valence-electron chi connectivity index (χ4n) is 1.87. The van der Waals surface area contributed by atoms with Crippen LogP contribution in [0.4, 0.5) is 4.39 Å². The first-order valence-corrected chi connectivity index (χ1v) is 6.80. The van der Waals surface area contributed by atoms with E-state index >= 15 is 0 Å². The number of amides is 1. The SMILES string of the molecule is Cc1cccc(C(=O)NCC(=O)OCc2ccccc2F)c1. The molecule has 0 aliphatic heterocycles. The third-order valence-corrected chi connectivity index (χ3v) is 3.02. The number of rotatable bonds is 5. The topological polar surface area (TPSA) is 55.4 Å². The largest absolute Gasteiger partial charge is 0.459 e. The summed E-state index contributed by atoms with van der Waals surface area (Å²) >= 11 is 0. The van der Waals surface area contributed by atoms with Gasteiger partial charge in [0.05, 0.1) is 0 Å². The summed E-state index contributed by atoms with van der Waals surface area (Å²) in [6, 6.07) is 13.1. The fraction of sp³-hybridized carbons (Fsp3) is 0.176. The molecule has 5 heteroatoms. The van der Waals surface area contributed by atoms with Crippen LogP contribution in [0.1, 0.15) is 21.5 Å². The van der Waals surface area contributed by atoms with E-state index in [1.807, 2.05) is 13.0 Å². The number of carbonyl (C=O) groups excluding carboxylic acids is 2. The van der Waals surface area contributed by atoms with Crippen LogP contribution in [0.15, 0.2) is 48.5 Å². The molecule has 0 aliphatic carbocycles. The van der Waals surface area contributed by atoms with Crippen LogP contribution in [0.25, 0.3) is 0 Å². The Bertz CT molecular complexity index is 685. The molecule has 0 atom stereocenters. The van der Waals surface area contributed by atoms with Crippen molar-refractivity contribution in [3.8, 4) is 0 Å². The minimum Gasteiger partial charge on any atom is -0.459 e. The maximum absolute atomic E-state index is 13.4. The first-order chi connectivity index (χ1) is 10.6. The van der Waals surface area contributed by atoms with Gasteiger partial charge in [0.25, 0.3) is 5.91 Å². The molecule has 0 heterocycles. The molecule has 0 saturated heterocycles. The van der Waals surface area contributed by atoms with Crippen molar-refractivity contribution in [3.05, 3.63) is 71.0 Å². The van der Waals surface area contributed by atoms with Crippen LogP contribution in [-0.2, 0) is 16.1 Å². The lowest BCUT2D eigenvalue weighted by atomic mass is 10.1. The van der Waals surface area contributed by atoms with E-state index in [9.17, 15) is 14.0 Å². The Kier molecular flexibility index (Phi) is 5.25. The Morgan fingerprint density at radius 1 is 1.14 bits per heavy atom. The zero-order valence-electron chi connectivity index (χ0n) is 12.1. The Hall–Kier alpha value is -2.69. The highest BCUT2D eigenvalue weighted by molar-refractivity contribution is 5.96. The summed E-state index contributed by atoms with van der Waals surface area (Å²) in [5, 5.41) is 2.47. The minimum absolute atomic E-state index is 0.161. The van der Waals surface area contributed by atoms with Crippen molar-refractivity contribution in [3.63, 3.8) is 0 Å². The average Bonchev–Trinajstić information content (AvgIpc) is 2.52. The predicted molar refractivity (Wildman–Crippen MR) is 79.7 cm³/mol. The molecule has 0 bridgehead atoms. The summed E-state index contributed by atoms with van der Waals surface area (Å²) in [5.74, 6) is -1.41. The molecule has 2 rings (SSSR count). The van der Waals surface area contributed by atoms with Crippen molar-refractivity contribution in [1.82, 2.24) is 5.32 Å². The highest BCUT2D eigenvalue weighted by Crippen LogP contribution is 2.07. The third kappa shape index (κ3) is 4.41. The Morgan fingerprint density at radius 3 is 2.64 bits per heavy atom. The Balaban J connectivity index is 1.81. The van der Waals surface area contributed by atoms with Crippen molar-refractivity contribution in [2.45, 2.75) is 13.5 Å².